The summed E-state index contributed by atoms with van der Waals surface area (Å²) in [5.41, 5.74) is 0. The second-order valence-electron chi connectivity index (χ2n) is 6.24. The molecule has 1 amide bonds. The van der Waals surface area contributed by atoms with Gasteiger partial charge in [0.1, 0.15) is 0 Å². The number of ether oxygens (including phenoxy) is 1. The Kier molecular flexibility index (Phi) is 6.37. The van der Waals surface area contributed by atoms with Crippen molar-refractivity contribution in [3.63, 3.8) is 0 Å². The highest BCUT2D eigenvalue weighted by Gasteiger charge is 2.29. The van der Waals surface area contributed by atoms with Crippen molar-refractivity contribution in [1.82, 2.24) is 9.80 Å². The molecule has 2 fully saturated rings. The van der Waals surface area contributed by atoms with Gasteiger partial charge < -0.3 is 14.5 Å². The minimum Gasteiger partial charge on any atom is -0.378 e. The molecule has 3 rings (SSSR count). The Hall–Kier alpha value is -1.04. The number of hydrogen-bond acceptors (Lipinski definition) is 4. The predicted molar refractivity (Wildman–Crippen MR) is 93.7 cm³/mol. The molecule has 23 heavy (non-hydrogen) atoms. The molecule has 0 saturated carbocycles. The van der Waals surface area contributed by atoms with E-state index in [4.69, 9.17) is 4.74 Å². The van der Waals surface area contributed by atoms with Crippen LogP contribution in [0.4, 0.5) is 0 Å². The van der Waals surface area contributed by atoms with Gasteiger partial charge in [-0.05, 0) is 31.5 Å². The zero-order chi connectivity index (χ0) is 15.9. The Morgan fingerprint density at radius 3 is 2.74 bits per heavy atom. The van der Waals surface area contributed by atoms with E-state index >= 15 is 0 Å². The van der Waals surface area contributed by atoms with Crippen LogP contribution in [0.3, 0.4) is 0 Å². The summed E-state index contributed by atoms with van der Waals surface area (Å²) in [4.78, 5) is 18.4. The first-order valence-corrected chi connectivity index (χ1v) is 9.58. The molecule has 0 spiro atoms. The van der Waals surface area contributed by atoms with Crippen LogP contribution in [0, 0.1) is 5.92 Å². The molecule has 1 aromatic rings. The standard InChI is InChI=1S/C18H26N2O2S/c21-18(20-9-12-22-13-10-20)16-5-4-8-19(15-16)11-14-23-17-6-2-1-3-7-17/h1-3,6-7,16H,4-5,8-15H2/t16-/m1/s1. The Balaban J connectivity index is 1.43. The third-order valence-corrected chi connectivity index (χ3v) is 5.59. The number of amides is 1. The van der Waals surface area contributed by atoms with Crippen LogP contribution in [-0.2, 0) is 9.53 Å². The Morgan fingerprint density at radius 1 is 1.17 bits per heavy atom. The van der Waals surface area contributed by atoms with Gasteiger partial charge in [-0.3, -0.25) is 4.79 Å². The molecule has 0 aliphatic carbocycles. The highest BCUT2D eigenvalue weighted by atomic mass is 32.2. The minimum atomic E-state index is 0.184. The first-order chi connectivity index (χ1) is 11.3. The Bertz CT molecular complexity index is 491. The number of hydrogen-bond donors (Lipinski definition) is 0. The van der Waals surface area contributed by atoms with Crippen molar-refractivity contribution in [2.75, 3.05) is 51.7 Å². The molecule has 2 saturated heterocycles. The monoisotopic (exact) mass is 334 g/mol. The van der Waals surface area contributed by atoms with E-state index in [1.807, 2.05) is 16.7 Å². The molecule has 126 valence electrons. The zero-order valence-corrected chi connectivity index (χ0v) is 14.5. The van der Waals surface area contributed by atoms with Crippen LogP contribution >= 0.6 is 11.8 Å². The van der Waals surface area contributed by atoms with Gasteiger partial charge in [-0.15, -0.1) is 11.8 Å². The molecular weight excluding hydrogens is 308 g/mol. The van der Waals surface area contributed by atoms with Crippen molar-refractivity contribution in [1.29, 1.82) is 0 Å². The normalized spacial score (nSPS) is 23.0. The van der Waals surface area contributed by atoms with Crippen molar-refractivity contribution in [2.24, 2.45) is 5.92 Å². The molecule has 1 atom stereocenters. The fourth-order valence-electron chi connectivity index (χ4n) is 3.31. The fraction of sp³-hybridized carbons (Fsp3) is 0.611. The molecule has 2 aliphatic rings. The number of carbonyl (C=O) groups is 1. The Labute approximate surface area is 143 Å². The van der Waals surface area contributed by atoms with E-state index in [1.54, 1.807) is 0 Å². The van der Waals surface area contributed by atoms with E-state index in [0.717, 1.165) is 51.3 Å². The van der Waals surface area contributed by atoms with Gasteiger partial charge in [-0.25, -0.2) is 0 Å². The van der Waals surface area contributed by atoms with Gasteiger partial charge in [0.25, 0.3) is 0 Å². The maximum Gasteiger partial charge on any atom is 0.227 e. The van der Waals surface area contributed by atoms with Crippen LogP contribution in [-0.4, -0.2) is 67.4 Å². The van der Waals surface area contributed by atoms with Crippen molar-refractivity contribution in [2.45, 2.75) is 17.7 Å². The second kappa shape index (κ2) is 8.71. The summed E-state index contributed by atoms with van der Waals surface area (Å²) in [6, 6.07) is 10.5. The summed E-state index contributed by atoms with van der Waals surface area (Å²) in [5, 5.41) is 0. The topological polar surface area (TPSA) is 32.8 Å². The predicted octanol–water partition coefficient (Wildman–Crippen LogP) is 2.35. The molecule has 0 N–H and O–H groups in total. The lowest BCUT2D eigenvalue weighted by atomic mass is 9.96. The van der Waals surface area contributed by atoms with Gasteiger partial charge >= 0.3 is 0 Å². The van der Waals surface area contributed by atoms with Gasteiger partial charge in [0.2, 0.25) is 5.91 Å². The molecule has 0 unspecified atom stereocenters. The number of thioether (sulfide) groups is 1. The van der Waals surface area contributed by atoms with Crippen molar-refractivity contribution >= 4 is 17.7 Å². The van der Waals surface area contributed by atoms with Crippen LogP contribution < -0.4 is 0 Å². The second-order valence-corrected chi connectivity index (χ2v) is 7.41. The van der Waals surface area contributed by atoms with E-state index in [1.165, 1.54) is 4.90 Å². The largest absolute Gasteiger partial charge is 0.378 e. The number of nitrogens with zero attached hydrogens (tertiary/aromatic N) is 2. The molecule has 2 heterocycles. The van der Waals surface area contributed by atoms with E-state index in [9.17, 15) is 4.79 Å². The van der Waals surface area contributed by atoms with E-state index in [2.05, 4.69) is 35.2 Å². The van der Waals surface area contributed by atoms with Crippen molar-refractivity contribution < 1.29 is 9.53 Å². The lowest BCUT2D eigenvalue weighted by Crippen LogP contribution is -2.48. The summed E-state index contributed by atoms with van der Waals surface area (Å²) in [6.07, 6.45) is 2.18. The summed E-state index contributed by atoms with van der Waals surface area (Å²) >= 11 is 1.90. The maximum atomic E-state index is 12.6. The molecule has 2 aliphatic heterocycles. The fourth-order valence-corrected chi connectivity index (χ4v) is 4.25. The average molecular weight is 334 g/mol. The summed E-state index contributed by atoms with van der Waals surface area (Å²) in [6.45, 7) is 6.02. The smallest absolute Gasteiger partial charge is 0.227 e. The number of benzene rings is 1. The lowest BCUT2D eigenvalue weighted by molar-refractivity contribution is -0.141. The molecule has 4 nitrogen and oxygen atoms in total. The van der Waals surface area contributed by atoms with Gasteiger partial charge in [0.15, 0.2) is 0 Å². The van der Waals surface area contributed by atoms with Crippen LogP contribution in [0.15, 0.2) is 35.2 Å². The quantitative estimate of drug-likeness (QED) is 0.774. The SMILES string of the molecule is O=C([C@@H]1CCCN(CCSc2ccccc2)C1)N1CCOCC1. The molecular formula is C18H26N2O2S. The number of morpholine rings is 1. The summed E-state index contributed by atoms with van der Waals surface area (Å²) in [5.74, 6) is 1.61. The van der Waals surface area contributed by atoms with Gasteiger partial charge in [-0.1, -0.05) is 18.2 Å². The van der Waals surface area contributed by atoms with E-state index < -0.39 is 0 Å². The third kappa shape index (κ3) is 4.96. The molecule has 0 aromatic heterocycles. The number of piperidine rings is 1. The van der Waals surface area contributed by atoms with Crippen molar-refractivity contribution in [3.8, 4) is 0 Å². The van der Waals surface area contributed by atoms with Crippen molar-refractivity contribution in [3.05, 3.63) is 30.3 Å². The lowest BCUT2D eigenvalue weighted by Gasteiger charge is -2.36. The van der Waals surface area contributed by atoms with Gasteiger partial charge in [0.05, 0.1) is 19.1 Å². The highest BCUT2D eigenvalue weighted by Crippen LogP contribution is 2.21. The molecule has 5 heteroatoms. The maximum absolute atomic E-state index is 12.6. The number of likely N-dealkylation sites (tertiary alicyclic amines) is 1. The minimum absolute atomic E-state index is 0.184. The zero-order valence-electron chi connectivity index (χ0n) is 13.7. The molecule has 1 aromatic carbocycles. The van der Waals surface area contributed by atoms with E-state index in [-0.39, 0.29) is 5.92 Å². The van der Waals surface area contributed by atoms with Gasteiger partial charge in [-0.2, -0.15) is 0 Å². The number of carbonyl (C=O) groups excluding carboxylic acids is 1. The van der Waals surface area contributed by atoms with Gasteiger partial charge in [0, 0.05) is 36.8 Å². The Morgan fingerprint density at radius 2 is 1.96 bits per heavy atom. The van der Waals surface area contributed by atoms with E-state index in [0.29, 0.717) is 19.1 Å². The first kappa shape index (κ1) is 16.8. The summed E-state index contributed by atoms with van der Waals surface area (Å²) in [7, 11) is 0. The highest BCUT2D eigenvalue weighted by molar-refractivity contribution is 7.99. The molecule has 0 bridgehead atoms. The van der Waals surface area contributed by atoms with Crippen LogP contribution in [0.25, 0.3) is 0 Å². The summed E-state index contributed by atoms with van der Waals surface area (Å²) < 4.78 is 5.35. The molecule has 0 radical (unpaired) electrons. The first-order valence-electron chi connectivity index (χ1n) is 8.59. The average Bonchev–Trinajstić information content (AvgIpc) is 2.63. The van der Waals surface area contributed by atoms with Crippen LogP contribution in [0.5, 0.6) is 0 Å². The van der Waals surface area contributed by atoms with Crippen LogP contribution in [0.2, 0.25) is 0 Å². The van der Waals surface area contributed by atoms with Crippen LogP contribution in [0.1, 0.15) is 12.8 Å². The number of rotatable bonds is 5. The third-order valence-electron chi connectivity index (χ3n) is 4.60.